The summed E-state index contributed by atoms with van der Waals surface area (Å²) in [4.78, 5) is 0. The molecule has 0 aliphatic carbocycles. The highest BCUT2D eigenvalue weighted by molar-refractivity contribution is 9.10. The first kappa shape index (κ1) is 11.4. The maximum absolute atomic E-state index is 13.0. The first-order chi connectivity index (χ1) is 6.65. The van der Waals surface area contributed by atoms with Crippen molar-refractivity contribution in [3.05, 3.63) is 28.2 Å². The molecule has 0 radical (unpaired) electrons. The number of benzene rings is 1. The Balaban J connectivity index is 2.75. The fourth-order valence-corrected chi connectivity index (χ4v) is 1.30. The third kappa shape index (κ3) is 2.90. The summed E-state index contributed by atoms with van der Waals surface area (Å²) in [6, 6.07) is 2.18. The molecule has 0 aromatic heterocycles. The van der Waals surface area contributed by atoms with Crippen LogP contribution in [-0.4, -0.2) is 13.3 Å². The molecule has 0 saturated heterocycles. The number of ether oxygens (including phenoxy) is 1. The highest BCUT2D eigenvalue weighted by Gasteiger charge is 2.11. The number of hydrogen-bond donors (Lipinski definition) is 0. The second-order valence-electron chi connectivity index (χ2n) is 2.59. The van der Waals surface area contributed by atoms with E-state index in [9.17, 15) is 13.2 Å². The van der Waals surface area contributed by atoms with Gasteiger partial charge in [-0.3, -0.25) is 4.39 Å². The van der Waals surface area contributed by atoms with Crippen molar-refractivity contribution in [2.24, 2.45) is 0 Å². The molecule has 78 valence electrons. The van der Waals surface area contributed by atoms with Gasteiger partial charge in [0.1, 0.15) is 0 Å². The maximum atomic E-state index is 13.0. The molecular formula is C9H8BrF3O. The highest BCUT2D eigenvalue weighted by atomic mass is 79.9. The van der Waals surface area contributed by atoms with E-state index in [1.807, 2.05) is 0 Å². The smallest absolute Gasteiger partial charge is 0.190 e. The van der Waals surface area contributed by atoms with E-state index in [4.69, 9.17) is 4.74 Å². The molecule has 0 atom stereocenters. The summed E-state index contributed by atoms with van der Waals surface area (Å²) in [7, 11) is 0. The van der Waals surface area contributed by atoms with Gasteiger partial charge in [0.05, 0.1) is 13.3 Å². The van der Waals surface area contributed by atoms with Crippen molar-refractivity contribution in [3.8, 4) is 5.75 Å². The van der Waals surface area contributed by atoms with Crippen molar-refractivity contribution in [2.75, 3.05) is 13.3 Å². The van der Waals surface area contributed by atoms with Crippen molar-refractivity contribution in [1.29, 1.82) is 0 Å². The fourth-order valence-electron chi connectivity index (χ4n) is 0.896. The van der Waals surface area contributed by atoms with Gasteiger partial charge in [0.25, 0.3) is 0 Å². The minimum atomic E-state index is -0.796. The molecule has 0 aliphatic heterocycles. The second-order valence-corrected chi connectivity index (χ2v) is 3.51. The van der Waals surface area contributed by atoms with Crippen LogP contribution in [-0.2, 0) is 0 Å². The molecule has 0 aliphatic rings. The predicted molar refractivity (Wildman–Crippen MR) is 50.1 cm³/mol. The van der Waals surface area contributed by atoms with Gasteiger partial charge in [-0.1, -0.05) is 15.9 Å². The van der Waals surface area contributed by atoms with E-state index in [1.165, 1.54) is 0 Å². The Morgan fingerprint density at radius 1 is 1.21 bits per heavy atom. The minimum absolute atomic E-state index is 0.0357. The minimum Gasteiger partial charge on any atom is -0.488 e. The Kier molecular flexibility index (Phi) is 4.25. The van der Waals surface area contributed by atoms with Gasteiger partial charge in [-0.25, -0.2) is 8.78 Å². The average Bonchev–Trinajstić information content (AvgIpc) is 2.09. The monoisotopic (exact) mass is 268 g/mol. The van der Waals surface area contributed by atoms with E-state index in [1.54, 1.807) is 0 Å². The molecule has 0 saturated carbocycles. The summed E-state index contributed by atoms with van der Waals surface area (Å²) in [6.45, 7) is -0.605. The summed E-state index contributed by atoms with van der Waals surface area (Å²) < 4.78 is 42.8. The zero-order valence-corrected chi connectivity index (χ0v) is 8.78. The molecule has 0 spiro atoms. The van der Waals surface area contributed by atoms with Gasteiger partial charge in [0.15, 0.2) is 17.4 Å². The lowest BCUT2D eigenvalue weighted by Crippen LogP contribution is -2.02. The zero-order valence-electron chi connectivity index (χ0n) is 7.20. The molecule has 0 N–H and O–H groups in total. The van der Waals surface area contributed by atoms with Gasteiger partial charge in [-0.05, 0) is 12.1 Å². The maximum Gasteiger partial charge on any atom is 0.190 e. The molecule has 0 unspecified atom stereocenters. The Hall–Kier alpha value is -0.710. The normalized spacial score (nSPS) is 10.3. The summed E-state index contributed by atoms with van der Waals surface area (Å²) in [5, 5.41) is 0. The lowest BCUT2D eigenvalue weighted by atomic mass is 10.3. The number of halogens is 4. The fraction of sp³-hybridized carbons (Fsp3) is 0.333. The van der Waals surface area contributed by atoms with E-state index < -0.39 is 24.1 Å². The van der Waals surface area contributed by atoms with Gasteiger partial charge in [0.2, 0.25) is 0 Å². The molecule has 0 heterocycles. The average molecular weight is 269 g/mol. The van der Waals surface area contributed by atoms with Crippen LogP contribution >= 0.6 is 15.9 Å². The summed E-state index contributed by atoms with van der Waals surface area (Å²) in [5.41, 5.74) is 0. The number of hydrogen-bond acceptors (Lipinski definition) is 1. The molecule has 0 amide bonds. The van der Waals surface area contributed by atoms with Crippen molar-refractivity contribution in [3.63, 3.8) is 0 Å². The molecular weight excluding hydrogens is 261 g/mol. The molecule has 1 rings (SSSR count). The molecule has 14 heavy (non-hydrogen) atoms. The van der Waals surface area contributed by atoms with Crippen LogP contribution in [0, 0.1) is 11.6 Å². The quantitative estimate of drug-likeness (QED) is 0.760. The van der Waals surface area contributed by atoms with E-state index in [0.29, 0.717) is 4.47 Å². The van der Waals surface area contributed by atoms with Gasteiger partial charge >= 0.3 is 0 Å². The van der Waals surface area contributed by atoms with Gasteiger partial charge < -0.3 is 4.74 Å². The molecule has 0 bridgehead atoms. The number of rotatable bonds is 4. The van der Waals surface area contributed by atoms with Crippen molar-refractivity contribution >= 4 is 15.9 Å². The highest BCUT2D eigenvalue weighted by Crippen LogP contribution is 2.25. The standard InChI is InChI=1S/C9H8BrF3O/c10-6-4-7(12)9(8(13)5-6)14-3-1-2-11/h4-5H,1-3H2. The van der Waals surface area contributed by atoms with Crippen LogP contribution in [0.5, 0.6) is 5.75 Å². The number of alkyl halides is 1. The molecule has 1 aromatic carbocycles. The van der Waals surface area contributed by atoms with Crippen LogP contribution in [0.15, 0.2) is 16.6 Å². The Bertz CT molecular complexity index is 294. The zero-order chi connectivity index (χ0) is 10.6. The lowest BCUT2D eigenvalue weighted by molar-refractivity contribution is 0.264. The third-order valence-electron chi connectivity index (χ3n) is 1.49. The summed E-state index contributed by atoms with van der Waals surface area (Å²) in [6.07, 6.45) is 0.120. The van der Waals surface area contributed by atoms with Crippen molar-refractivity contribution < 1.29 is 17.9 Å². The van der Waals surface area contributed by atoms with E-state index in [2.05, 4.69) is 15.9 Å². The van der Waals surface area contributed by atoms with Crippen molar-refractivity contribution in [1.82, 2.24) is 0 Å². The van der Waals surface area contributed by atoms with E-state index in [0.717, 1.165) is 12.1 Å². The van der Waals surface area contributed by atoms with Crippen LogP contribution in [0.2, 0.25) is 0 Å². The van der Waals surface area contributed by atoms with Crippen LogP contribution in [0.25, 0.3) is 0 Å². The predicted octanol–water partition coefficient (Wildman–Crippen LogP) is 3.47. The Morgan fingerprint density at radius 3 is 2.29 bits per heavy atom. The van der Waals surface area contributed by atoms with Crippen molar-refractivity contribution in [2.45, 2.75) is 6.42 Å². The van der Waals surface area contributed by atoms with E-state index >= 15 is 0 Å². The van der Waals surface area contributed by atoms with Crippen LogP contribution in [0.1, 0.15) is 6.42 Å². The Morgan fingerprint density at radius 2 is 1.79 bits per heavy atom. The summed E-state index contributed by atoms with van der Waals surface area (Å²) in [5.74, 6) is -2.05. The SMILES string of the molecule is FCCCOc1c(F)cc(Br)cc1F. The van der Waals surface area contributed by atoms with Gasteiger partial charge in [-0.15, -0.1) is 0 Å². The van der Waals surface area contributed by atoms with Gasteiger partial charge in [-0.2, -0.15) is 0 Å². The first-order valence-corrected chi connectivity index (χ1v) is 4.77. The van der Waals surface area contributed by atoms with Crippen LogP contribution in [0.3, 0.4) is 0 Å². The molecule has 5 heteroatoms. The van der Waals surface area contributed by atoms with E-state index in [-0.39, 0.29) is 13.0 Å². The molecule has 0 fully saturated rings. The topological polar surface area (TPSA) is 9.23 Å². The summed E-state index contributed by atoms with van der Waals surface area (Å²) >= 11 is 2.93. The van der Waals surface area contributed by atoms with Crippen LogP contribution < -0.4 is 4.74 Å². The first-order valence-electron chi connectivity index (χ1n) is 3.98. The second kappa shape index (κ2) is 5.24. The largest absolute Gasteiger partial charge is 0.488 e. The lowest BCUT2D eigenvalue weighted by Gasteiger charge is -2.07. The Labute approximate surface area is 88.0 Å². The molecule has 1 nitrogen and oxygen atoms in total. The molecule has 1 aromatic rings. The van der Waals surface area contributed by atoms with Crippen LogP contribution in [0.4, 0.5) is 13.2 Å². The third-order valence-corrected chi connectivity index (χ3v) is 1.95. The van der Waals surface area contributed by atoms with Gasteiger partial charge in [0, 0.05) is 10.9 Å².